The Hall–Kier alpha value is -0.570. The molecule has 3 nitrogen and oxygen atoms in total. The molecule has 78 valence electrons. The fraction of sp³-hybridized carbons (Fsp3) is 0.800. The second-order valence-electron chi connectivity index (χ2n) is 4.40. The summed E-state index contributed by atoms with van der Waals surface area (Å²) in [7, 11) is 2.01. The zero-order chi connectivity index (χ0) is 10.2. The monoisotopic (exact) mass is 213 g/mol. The molecule has 0 aliphatic heterocycles. The Kier molecular flexibility index (Phi) is 2.52. The van der Waals surface area contributed by atoms with E-state index in [4.69, 9.17) is 11.6 Å². The third-order valence-electron chi connectivity index (χ3n) is 3.33. The number of halogens is 1. The number of alkyl halides is 1. The highest BCUT2D eigenvalue weighted by atomic mass is 35.5. The molecular formula is C10H16ClN3. The largest absolute Gasteiger partial charge is 0.317 e. The van der Waals surface area contributed by atoms with Gasteiger partial charge in [0.1, 0.15) is 11.6 Å². The maximum atomic E-state index is 5.77. The average Bonchev–Trinajstić information content (AvgIpc) is 2.73. The molecule has 0 radical (unpaired) electrons. The number of hydrogen-bond donors (Lipinski definition) is 0. The van der Waals surface area contributed by atoms with Gasteiger partial charge in [-0.05, 0) is 12.8 Å². The molecular weight excluding hydrogens is 198 g/mol. The van der Waals surface area contributed by atoms with Crippen molar-refractivity contribution in [3.05, 3.63) is 11.6 Å². The van der Waals surface area contributed by atoms with Gasteiger partial charge in [0, 0.05) is 12.5 Å². The van der Waals surface area contributed by atoms with Crippen molar-refractivity contribution in [2.45, 2.75) is 43.9 Å². The molecule has 1 aliphatic carbocycles. The maximum absolute atomic E-state index is 5.77. The SMILES string of the molecule is Cn1c(CCl)nnc1C1(C)CCCC1. The van der Waals surface area contributed by atoms with E-state index in [1.165, 1.54) is 25.7 Å². The first-order valence-electron chi connectivity index (χ1n) is 5.12. The first-order chi connectivity index (χ1) is 6.67. The van der Waals surface area contributed by atoms with Crippen LogP contribution in [-0.4, -0.2) is 14.8 Å². The van der Waals surface area contributed by atoms with E-state index in [0.717, 1.165) is 11.6 Å². The van der Waals surface area contributed by atoms with Gasteiger partial charge in [0.05, 0.1) is 5.88 Å². The molecule has 0 atom stereocenters. The van der Waals surface area contributed by atoms with Crippen LogP contribution in [0.2, 0.25) is 0 Å². The fourth-order valence-corrected chi connectivity index (χ4v) is 2.62. The van der Waals surface area contributed by atoms with E-state index >= 15 is 0 Å². The van der Waals surface area contributed by atoms with Crippen LogP contribution in [0, 0.1) is 0 Å². The highest BCUT2D eigenvalue weighted by Gasteiger charge is 2.35. The lowest BCUT2D eigenvalue weighted by Crippen LogP contribution is -2.22. The van der Waals surface area contributed by atoms with Crippen molar-refractivity contribution in [1.82, 2.24) is 14.8 Å². The number of hydrogen-bond acceptors (Lipinski definition) is 2. The minimum atomic E-state index is 0.228. The quantitative estimate of drug-likeness (QED) is 0.707. The van der Waals surface area contributed by atoms with Crippen LogP contribution >= 0.6 is 11.6 Å². The van der Waals surface area contributed by atoms with Gasteiger partial charge < -0.3 is 4.57 Å². The summed E-state index contributed by atoms with van der Waals surface area (Å²) in [6.45, 7) is 2.28. The third-order valence-corrected chi connectivity index (χ3v) is 3.57. The highest BCUT2D eigenvalue weighted by Crippen LogP contribution is 2.39. The molecule has 0 saturated heterocycles. The van der Waals surface area contributed by atoms with Crippen LogP contribution in [0.25, 0.3) is 0 Å². The summed E-state index contributed by atoms with van der Waals surface area (Å²) in [5.74, 6) is 2.42. The molecule has 4 heteroatoms. The second kappa shape index (κ2) is 3.54. The van der Waals surface area contributed by atoms with Crippen LogP contribution in [0.5, 0.6) is 0 Å². The summed E-state index contributed by atoms with van der Waals surface area (Å²) >= 11 is 5.77. The summed E-state index contributed by atoms with van der Waals surface area (Å²) in [5, 5.41) is 8.37. The van der Waals surface area contributed by atoms with E-state index in [0.29, 0.717) is 5.88 Å². The molecule has 0 spiro atoms. The lowest BCUT2D eigenvalue weighted by atomic mass is 9.88. The summed E-state index contributed by atoms with van der Waals surface area (Å²) in [6.07, 6.45) is 5.06. The Morgan fingerprint density at radius 1 is 1.36 bits per heavy atom. The lowest BCUT2D eigenvalue weighted by Gasteiger charge is -2.21. The van der Waals surface area contributed by atoms with E-state index in [1.807, 2.05) is 7.05 Å². The minimum absolute atomic E-state index is 0.228. The molecule has 2 rings (SSSR count). The molecule has 0 unspecified atom stereocenters. The van der Waals surface area contributed by atoms with Crippen LogP contribution < -0.4 is 0 Å². The first-order valence-corrected chi connectivity index (χ1v) is 5.65. The van der Waals surface area contributed by atoms with Gasteiger partial charge in [-0.15, -0.1) is 21.8 Å². The summed E-state index contributed by atoms with van der Waals surface area (Å²) in [5.41, 5.74) is 0.228. The van der Waals surface area contributed by atoms with Crippen molar-refractivity contribution in [3.63, 3.8) is 0 Å². The first kappa shape index (κ1) is 9.97. The van der Waals surface area contributed by atoms with E-state index in [2.05, 4.69) is 21.7 Å². The van der Waals surface area contributed by atoms with Crippen LogP contribution in [0.15, 0.2) is 0 Å². The van der Waals surface area contributed by atoms with Crippen molar-refractivity contribution < 1.29 is 0 Å². The number of aromatic nitrogens is 3. The standard InChI is InChI=1S/C10H16ClN3/c1-10(5-3-4-6-10)9-13-12-8(7-11)14(9)2/h3-7H2,1-2H3. The highest BCUT2D eigenvalue weighted by molar-refractivity contribution is 6.16. The molecule has 0 bridgehead atoms. The van der Waals surface area contributed by atoms with Gasteiger partial charge in [-0.3, -0.25) is 0 Å². The second-order valence-corrected chi connectivity index (χ2v) is 4.67. The molecule has 1 fully saturated rings. The lowest BCUT2D eigenvalue weighted by molar-refractivity contribution is 0.440. The van der Waals surface area contributed by atoms with E-state index in [9.17, 15) is 0 Å². The molecule has 1 aliphatic rings. The summed E-state index contributed by atoms with van der Waals surface area (Å²) < 4.78 is 2.05. The van der Waals surface area contributed by atoms with Crippen LogP contribution in [0.1, 0.15) is 44.3 Å². The maximum Gasteiger partial charge on any atom is 0.147 e. The normalized spacial score (nSPS) is 20.2. The topological polar surface area (TPSA) is 30.7 Å². The molecule has 1 aromatic heterocycles. The molecule has 0 N–H and O–H groups in total. The Balaban J connectivity index is 2.35. The van der Waals surface area contributed by atoms with E-state index in [1.54, 1.807) is 0 Å². The van der Waals surface area contributed by atoms with E-state index < -0.39 is 0 Å². The predicted molar refractivity (Wildman–Crippen MR) is 56.4 cm³/mol. The Labute approximate surface area is 89.5 Å². The number of nitrogens with zero attached hydrogens (tertiary/aromatic N) is 3. The third kappa shape index (κ3) is 1.44. The van der Waals surface area contributed by atoms with Crippen molar-refractivity contribution in [3.8, 4) is 0 Å². The smallest absolute Gasteiger partial charge is 0.147 e. The van der Waals surface area contributed by atoms with Crippen LogP contribution in [0.3, 0.4) is 0 Å². The van der Waals surface area contributed by atoms with Gasteiger partial charge in [0.2, 0.25) is 0 Å². The zero-order valence-electron chi connectivity index (χ0n) is 8.76. The Morgan fingerprint density at radius 3 is 2.50 bits per heavy atom. The van der Waals surface area contributed by atoms with Crippen molar-refractivity contribution in [1.29, 1.82) is 0 Å². The predicted octanol–water partition coefficient (Wildman–Crippen LogP) is 2.39. The van der Waals surface area contributed by atoms with Crippen LogP contribution in [-0.2, 0) is 18.3 Å². The van der Waals surface area contributed by atoms with Gasteiger partial charge in [-0.1, -0.05) is 19.8 Å². The van der Waals surface area contributed by atoms with Crippen molar-refractivity contribution in [2.75, 3.05) is 0 Å². The van der Waals surface area contributed by atoms with Gasteiger partial charge in [0.25, 0.3) is 0 Å². The fourth-order valence-electron chi connectivity index (χ4n) is 2.38. The van der Waals surface area contributed by atoms with Crippen molar-refractivity contribution >= 4 is 11.6 Å². The Morgan fingerprint density at radius 2 is 2.00 bits per heavy atom. The average molecular weight is 214 g/mol. The molecule has 1 heterocycles. The van der Waals surface area contributed by atoms with Gasteiger partial charge in [-0.2, -0.15) is 0 Å². The zero-order valence-corrected chi connectivity index (χ0v) is 9.51. The number of rotatable bonds is 2. The van der Waals surface area contributed by atoms with Crippen LogP contribution in [0.4, 0.5) is 0 Å². The molecule has 14 heavy (non-hydrogen) atoms. The van der Waals surface area contributed by atoms with E-state index in [-0.39, 0.29) is 5.41 Å². The molecule has 0 aromatic carbocycles. The van der Waals surface area contributed by atoms with Crippen molar-refractivity contribution in [2.24, 2.45) is 7.05 Å². The summed E-state index contributed by atoms with van der Waals surface area (Å²) in [4.78, 5) is 0. The summed E-state index contributed by atoms with van der Waals surface area (Å²) in [6, 6.07) is 0. The molecule has 1 aromatic rings. The van der Waals surface area contributed by atoms with Gasteiger partial charge in [0.15, 0.2) is 0 Å². The molecule has 0 amide bonds. The molecule has 1 saturated carbocycles. The van der Waals surface area contributed by atoms with Gasteiger partial charge >= 0.3 is 0 Å². The Bertz CT molecular complexity index is 326. The minimum Gasteiger partial charge on any atom is -0.317 e. The van der Waals surface area contributed by atoms with Gasteiger partial charge in [-0.25, -0.2) is 0 Å².